The maximum Gasteiger partial charge on any atom is 0.418 e. The molecule has 1 aromatic carbocycles. The number of likely N-dealkylation sites (tertiary alicyclic amines) is 1. The molecule has 10 heteroatoms. The van der Waals surface area contributed by atoms with Crippen LogP contribution in [0, 0.1) is 5.92 Å². The smallest absolute Gasteiger partial charge is 0.339 e. The summed E-state index contributed by atoms with van der Waals surface area (Å²) in [4.78, 5) is 30.9. The molecule has 166 valence electrons. The lowest BCUT2D eigenvalue weighted by Crippen LogP contribution is -2.42. The van der Waals surface area contributed by atoms with Crippen molar-refractivity contribution in [2.45, 2.75) is 24.0 Å². The highest BCUT2D eigenvalue weighted by atomic mass is 32.2. The summed E-state index contributed by atoms with van der Waals surface area (Å²) in [5, 5.41) is 5.60. The monoisotopic (exact) mass is 452 g/mol. The summed E-state index contributed by atoms with van der Waals surface area (Å²) in [6, 6.07) is 7.66. The van der Waals surface area contributed by atoms with E-state index >= 15 is 0 Å². The molecule has 0 spiro atoms. The number of carbonyl (C=O) groups excluding carboxylic acids is 2. The Bertz CT molecular complexity index is 931. The number of nitrogens with zero attached hydrogens (tertiary/aromatic N) is 2. The number of alkyl halides is 3. The predicted molar refractivity (Wildman–Crippen MR) is 113 cm³/mol. The van der Waals surface area contributed by atoms with Crippen LogP contribution >= 0.6 is 11.8 Å². The number of urea groups is 1. The third-order valence-electron chi connectivity index (χ3n) is 5.13. The Balaban J connectivity index is 1.49. The number of para-hydroxylation sites is 1. The topological polar surface area (TPSA) is 74.3 Å². The van der Waals surface area contributed by atoms with Gasteiger partial charge in [0.15, 0.2) is 0 Å². The van der Waals surface area contributed by atoms with Gasteiger partial charge in [-0.1, -0.05) is 12.1 Å². The van der Waals surface area contributed by atoms with Crippen molar-refractivity contribution < 1.29 is 22.8 Å². The van der Waals surface area contributed by atoms with E-state index in [2.05, 4.69) is 15.6 Å². The maximum absolute atomic E-state index is 13.0. The van der Waals surface area contributed by atoms with Crippen LogP contribution in [-0.2, 0) is 6.18 Å². The number of carbonyl (C=O) groups is 2. The molecule has 1 aromatic heterocycles. The number of thioether (sulfide) groups is 1. The molecule has 0 bridgehead atoms. The molecule has 1 aliphatic rings. The number of piperidine rings is 1. The lowest BCUT2D eigenvalue weighted by molar-refractivity contribution is -0.136. The zero-order valence-electron chi connectivity index (χ0n) is 16.9. The molecular weight excluding hydrogens is 429 g/mol. The molecule has 2 N–H and O–H groups in total. The Morgan fingerprint density at radius 1 is 1.16 bits per heavy atom. The van der Waals surface area contributed by atoms with Gasteiger partial charge in [0.25, 0.3) is 5.91 Å². The van der Waals surface area contributed by atoms with Crippen molar-refractivity contribution in [3.8, 4) is 0 Å². The number of hydrogen-bond donors (Lipinski definition) is 2. The quantitative estimate of drug-likeness (QED) is 0.656. The van der Waals surface area contributed by atoms with Crippen molar-refractivity contribution in [1.82, 2.24) is 15.2 Å². The summed E-state index contributed by atoms with van der Waals surface area (Å²) >= 11 is 1.42. The zero-order valence-corrected chi connectivity index (χ0v) is 17.7. The summed E-state index contributed by atoms with van der Waals surface area (Å²) in [5.74, 6) is 0.0759. The summed E-state index contributed by atoms with van der Waals surface area (Å²) < 4.78 is 39.1. The third kappa shape index (κ3) is 5.90. The number of halogens is 3. The van der Waals surface area contributed by atoms with Crippen molar-refractivity contribution in [2.75, 3.05) is 31.2 Å². The molecule has 0 aliphatic carbocycles. The Hall–Kier alpha value is -2.75. The van der Waals surface area contributed by atoms with Crippen molar-refractivity contribution in [3.63, 3.8) is 0 Å². The minimum Gasteiger partial charge on any atom is -0.339 e. The standard InChI is InChI=1S/C21H23F3N4O2S/c1-31-18-15(5-4-10-25-18)19(29)28-11-8-14(9-12-28)13-26-20(30)27-17-7-3-2-6-16(17)21(22,23)24/h2-7,10,14H,8-9,11-13H2,1H3,(H2,26,27,30). The highest BCUT2D eigenvalue weighted by Gasteiger charge is 2.33. The Morgan fingerprint density at radius 2 is 1.87 bits per heavy atom. The molecule has 3 rings (SSSR count). The van der Waals surface area contributed by atoms with Crippen LogP contribution in [-0.4, -0.2) is 47.7 Å². The first-order valence-corrected chi connectivity index (χ1v) is 11.0. The minimum absolute atomic E-state index is 0.0645. The molecule has 6 nitrogen and oxygen atoms in total. The third-order valence-corrected chi connectivity index (χ3v) is 5.84. The van der Waals surface area contributed by atoms with Gasteiger partial charge < -0.3 is 15.5 Å². The van der Waals surface area contributed by atoms with Crippen LogP contribution in [0.4, 0.5) is 23.7 Å². The lowest BCUT2D eigenvalue weighted by atomic mass is 9.96. The number of amides is 3. The van der Waals surface area contributed by atoms with Gasteiger partial charge in [0.1, 0.15) is 5.03 Å². The molecule has 0 radical (unpaired) electrons. The molecule has 0 unspecified atom stereocenters. The van der Waals surface area contributed by atoms with E-state index in [1.165, 1.54) is 30.0 Å². The number of nitrogens with one attached hydrogen (secondary N) is 2. The highest BCUT2D eigenvalue weighted by Crippen LogP contribution is 2.34. The number of hydrogen-bond acceptors (Lipinski definition) is 4. The SMILES string of the molecule is CSc1ncccc1C(=O)N1CCC(CNC(=O)Nc2ccccc2C(F)(F)F)CC1. The largest absolute Gasteiger partial charge is 0.418 e. The van der Waals surface area contributed by atoms with E-state index in [1.807, 2.05) is 6.26 Å². The van der Waals surface area contributed by atoms with Gasteiger partial charge in [0.2, 0.25) is 0 Å². The zero-order chi connectivity index (χ0) is 22.4. The van der Waals surface area contributed by atoms with E-state index in [-0.39, 0.29) is 17.5 Å². The average molecular weight is 453 g/mol. The fourth-order valence-electron chi connectivity index (χ4n) is 3.47. The lowest BCUT2D eigenvalue weighted by Gasteiger charge is -2.32. The molecule has 2 heterocycles. The van der Waals surface area contributed by atoms with Gasteiger partial charge in [-0.2, -0.15) is 13.2 Å². The van der Waals surface area contributed by atoms with E-state index in [9.17, 15) is 22.8 Å². The molecular formula is C21H23F3N4O2S. The summed E-state index contributed by atoms with van der Waals surface area (Å²) in [6.07, 6.45) is 0.363. The Labute approximate surface area is 182 Å². The average Bonchev–Trinajstić information content (AvgIpc) is 2.77. The van der Waals surface area contributed by atoms with Crippen LogP contribution in [0.25, 0.3) is 0 Å². The first-order chi connectivity index (χ1) is 14.8. The van der Waals surface area contributed by atoms with Crippen LogP contribution in [0.15, 0.2) is 47.6 Å². The van der Waals surface area contributed by atoms with E-state index in [0.717, 1.165) is 6.07 Å². The van der Waals surface area contributed by atoms with Gasteiger partial charge in [-0.15, -0.1) is 11.8 Å². The molecule has 3 amide bonds. The summed E-state index contributed by atoms with van der Waals surface area (Å²) in [6.45, 7) is 1.42. The Morgan fingerprint density at radius 3 is 2.55 bits per heavy atom. The second kappa shape index (κ2) is 10.0. The van der Waals surface area contributed by atoms with Gasteiger partial charge in [-0.05, 0) is 49.3 Å². The van der Waals surface area contributed by atoms with Gasteiger partial charge in [0.05, 0.1) is 16.8 Å². The molecule has 1 fully saturated rings. The van der Waals surface area contributed by atoms with Crippen LogP contribution in [0.5, 0.6) is 0 Å². The van der Waals surface area contributed by atoms with E-state index in [4.69, 9.17) is 0 Å². The number of pyridine rings is 1. The van der Waals surface area contributed by atoms with Gasteiger partial charge in [-0.25, -0.2) is 9.78 Å². The normalized spacial score (nSPS) is 14.9. The second-order valence-corrected chi connectivity index (χ2v) is 7.97. The van der Waals surface area contributed by atoms with Gasteiger partial charge in [0, 0.05) is 25.8 Å². The molecule has 2 aromatic rings. The van der Waals surface area contributed by atoms with Gasteiger partial charge in [-0.3, -0.25) is 4.79 Å². The highest BCUT2D eigenvalue weighted by molar-refractivity contribution is 7.98. The fraction of sp³-hybridized carbons (Fsp3) is 0.381. The first-order valence-electron chi connectivity index (χ1n) is 9.79. The number of benzene rings is 1. The van der Waals surface area contributed by atoms with E-state index < -0.39 is 17.8 Å². The second-order valence-electron chi connectivity index (χ2n) is 7.17. The van der Waals surface area contributed by atoms with Crippen LogP contribution in [0.3, 0.4) is 0 Å². The molecule has 0 saturated carbocycles. The van der Waals surface area contributed by atoms with Crippen LogP contribution < -0.4 is 10.6 Å². The molecule has 1 saturated heterocycles. The van der Waals surface area contributed by atoms with Crippen molar-refractivity contribution in [3.05, 3.63) is 53.7 Å². The van der Waals surface area contributed by atoms with Crippen molar-refractivity contribution in [1.29, 1.82) is 0 Å². The minimum atomic E-state index is -4.55. The van der Waals surface area contributed by atoms with Gasteiger partial charge >= 0.3 is 12.2 Å². The molecule has 31 heavy (non-hydrogen) atoms. The molecule has 1 aliphatic heterocycles. The summed E-state index contributed by atoms with van der Waals surface area (Å²) in [5.41, 5.74) is -0.597. The number of aromatic nitrogens is 1. The number of anilines is 1. The first kappa shape index (κ1) is 22.9. The summed E-state index contributed by atoms with van der Waals surface area (Å²) in [7, 11) is 0. The van der Waals surface area contributed by atoms with Crippen LogP contribution in [0.2, 0.25) is 0 Å². The predicted octanol–water partition coefficient (Wildman–Crippen LogP) is 4.50. The van der Waals surface area contributed by atoms with Crippen molar-refractivity contribution in [2.24, 2.45) is 5.92 Å². The number of rotatable bonds is 5. The maximum atomic E-state index is 13.0. The Kier molecular flexibility index (Phi) is 7.42. The van der Waals surface area contributed by atoms with E-state index in [1.54, 1.807) is 23.2 Å². The van der Waals surface area contributed by atoms with Crippen molar-refractivity contribution >= 4 is 29.4 Å². The molecule has 0 atom stereocenters. The fourth-order valence-corrected chi connectivity index (χ4v) is 4.01. The van der Waals surface area contributed by atoms with E-state index in [0.29, 0.717) is 43.1 Å². The van der Waals surface area contributed by atoms with Crippen LogP contribution in [0.1, 0.15) is 28.8 Å².